The first kappa shape index (κ1) is 11.7. The summed E-state index contributed by atoms with van der Waals surface area (Å²) in [6, 6.07) is 1.91. The SMILES string of the molecule is CCCn1cncc1CNCc1ccncn1. The smallest absolute Gasteiger partial charge is 0.115 e. The third-order valence-corrected chi connectivity index (χ3v) is 2.52. The van der Waals surface area contributed by atoms with E-state index >= 15 is 0 Å². The van der Waals surface area contributed by atoms with Crippen molar-refractivity contribution in [3.05, 3.63) is 42.5 Å². The van der Waals surface area contributed by atoms with Gasteiger partial charge in [0.1, 0.15) is 6.33 Å². The van der Waals surface area contributed by atoms with Crippen molar-refractivity contribution in [1.82, 2.24) is 24.8 Å². The number of aromatic nitrogens is 4. The minimum atomic E-state index is 0.750. The summed E-state index contributed by atoms with van der Waals surface area (Å²) >= 11 is 0. The molecule has 2 aromatic heterocycles. The highest BCUT2D eigenvalue weighted by atomic mass is 15.1. The molecule has 0 bridgehead atoms. The summed E-state index contributed by atoms with van der Waals surface area (Å²) < 4.78 is 2.17. The maximum absolute atomic E-state index is 4.16. The highest BCUT2D eigenvalue weighted by molar-refractivity contribution is 5.00. The van der Waals surface area contributed by atoms with Crippen LogP contribution in [0, 0.1) is 0 Å². The minimum absolute atomic E-state index is 0.750. The Labute approximate surface area is 101 Å². The van der Waals surface area contributed by atoms with Crippen LogP contribution >= 0.6 is 0 Å². The summed E-state index contributed by atoms with van der Waals surface area (Å²) in [5.41, 5.74) is 2.21. The normalized spacial score (nSPS) is 10.6. The second kappa shape index (κ2) is 6.10. The number of rotatable bonds is 6. The summed E-state index contributed by atoms with van der Waals surface area (Å²) in [5.74, 6) is 0. The molecule has 2 rings (SSSR count). The van der Waals surface area contributed by atoms with E-state index < -0.39 is 0 Å². The van der Waals surface area contributed by atoms with Gasteiger partial charge in [0.25, 0.3) is 0 Å². The second-order valence-corrected chi connectivity index (χ2v) is 3.88. The quantitative estimate of drug-likeness (QED) is 0.816. The fourth-order valence-corrected chi connectivity index (χ4v) is 1.68. The van der Waals surface area contributed by atoms with Crippen LogP contribution in [-0.2, 0) is 19.6 Å². The molecule has 0 atom stereocenters. The molecule has 2 aromatic rings. The number of imidazole rings is 1. The van der Waals surface area contributed by atoms with Gasteiger partial charge in [-0.25, -0.2) is 15.0 Å². The van der Waals surface area contributed by atoms with Crippen molar-refractivity contribution >= 4 is 0 Å². The number of hydrogen-bond donors (Lipinski definition) is 1. The predicted molar refractivity (Wildman–Crippen MR) is 65.1 cm³/mol. The molecule has 0 spiro atoms. The molecule has 0 aliphatic rings. The van der Waals surface area contributed by atoms with Crippen molar-refractivity contribution in [2.24, 2.45) is 0 Å². The van der Waals surface area contributed by atoms with Crippen LogP contribution in [0.3, 0.4) is 0 Å². The molecule has 0 amide bonds. The highest BCUT2D eigenvalue weighted by Gasteiger charge is 2.00. The summed E-state index contributed by atoms with van der Waals surface area (Å²) in [6.07, 6.45) is 8.23. The molecular formula is C12H17N5. The molecule has 0 saturated heterocycles. The van der Waals surface area contributed by atoms with Gasteiger partial charge < -0.3 is 9.88 Å². The van der Waals surface area contributed by atoms with Crippen LogP contribution in [0.15, 0.2) is 31.1 Å². The zero-order valence-corrected chi connectivity index (χ0v) is 10.0. The van der Waals surface area contributed by atoms with Gasteiger partial charge in [0, 0.05) is 32.0 Å². The molecular weight excluding hydrogens is 214 g/mol. The molecule has 2 heterocycles. The number of hydrogen-bond acceptors (Lipinski definition) is 4. The Hall–Kier alpha value is -1.75. The van der Waals surface area contributed by atoms with Crippen LogP contribution in [0.4, 0.5) is 0 Å². The Morgan fingerprint density at radius 1 is 1.29 bits per heavy atom. The first-order valence-electron chi connectivity index (χ1n) is 5.84. The molecule has 0 unspecified atom stereocenters. The summed E-state index contributed by atoms with van der Waals surface area (Å²) in [4.78, 5) is 12.2. The molecule has 5 nitrogen and oxygen atoms in total. The van der Waals surface area contributed by atoms with E-state index in [2.05, 4.69) is 31.8 Å². The van der Waals surface area contributed by atoms with E-state index in [0.717, 1.165) is 31.7 Å². The lowest BCUT2D eigenvalue weighted by Crippen LogP contribution is -2.16. The molecule has 1 N–H and O–H groups in total. The van der Waals surface area contributed by atoms with Crippen molar-refractivity contribution < 1.29 is 0 Å². The lowest BCUT2D eigenvalue weighted by atomic mass is 10.3. The van der Waals surface area contributed by atoms with E-state index in [-0.39, 0.29) is 0 Å². The van der Waals surface area contributed by atoms with Gasteiger partial charge in [-0.05, 0) is 12.5 Å². The molecule has 0 aliphatic carbocycles. The van der Waals surface area contributed by atoms with Gasteiger partial charge in [-0.1, -0.05) is 6.92 Å². The van der Waals surface area contributed by atoms with Crippen molar-refractivity contribution in [2.75, 3.05) is 0 Å². The van der Waals surface area contributed by atoms with Crippen LogP contribution in [0.25, 0.3) is 0 Å². The minimum Gasteiger partial charge on any atom is -0.333 e. The van der Waals surface area contributed by atoms with Crippen LogP contribution < -0.4 is 5.32 Å². The van der Waals surface area contributed by atoms with Crippen LogP contribution in [0.5, 0.6) is 0 Å². The van der Waals surface area contributed by atoms with Crippen LogP contribution in [0.1, 0.15) is 24.7 Å². The largest absolute Gasteiger partial charge is 0.333 e. The Bertz CT molecular complexity index is 437. The zero-order chi connectivity index (χ0) is 11.9. The third-order valence-electron chi connectivity index (χ3n) is 2.52. The number of nitrogens with one attached hydrogen (secondary N) is 1. The Morgan fingerprint density at radius 3 is 3.00 bits per heavy atom. The van der Waals surface area contributed by atoms with E-state index in [1.807, 2.05) is 18.6 Å². The molecule has 0 fully saturated rings. The summed E-state index contributed by atoms with van der Waals surface area (Å²) in [5, 5.41) is 3.35. The molecule has 90 valence electrons. The first-order valence-corrected chi connectivity index (χ1v) is 5.84. The maximum atomic E-state index is 4.16. The van der Waals surface area contributed by atoms with Gasteiger partial charge in [0.2, 0.25) is 0 Å². The van der Waals surface area contributed by atoms with Gasteiger partial charge in [-0.2, -0.15) is 0 Å². The van der Waals surface area contributed by atoms with Crippen molar-refractivity contribution in [1.29, 1.82) is 0 Å². The third kappa shape index (κ3) is 3.35. The summed E-state index contributed by atoms with van der Waals surface area (Å²) in [7, 11) is 0. The van der Waals surface area contributed by atoms with Gasteiger partial charge in [0.15, 0.2) is 0 Å². The van der Waals surface area contributed by atoms with Gasteiger partial charge in [-0.3, -0.25) is 0 Å². The number of nitrogens with zero attached hydrogens (tertiary/aromatic N) is 4. The van der Waals surface area contributed by atoms with Crippen LogP contribution in [0.2, 0.25) is 0 Å². The Balaban J connectivity index is 1.84. The predicted octanol–water partition coefficient (Wildman–Crippen LogP) is 1.37. The molecule has 0 aliphatic heterocycles. The van der Waals surface area contributed by atoms with Gasteiger partial charge in [0.05, 0.1) is 17.7 Å². The molecule has 5 heteroatoms. The second-order valence-electron chi connectivity index (χ2n) is 3.88. The lowest BCUT2D eigenvalue weighted by Gasteiger charge is -2.07. The van der Waals surface area contributed by atoms with Gasteiger partial charge in [-0.15, -0.1) is 0 Å². The van der Waals surface area contributed by atoms with E-state index in [1.165, 1.54) is 5.69 Å². The fraction of sp³-hybridized carbons (Fsp3) is 0.417. The van der Waals surface area contributed by atoms with Gasteiger partial charge >= 0.3 is 0 Å². The molecule has 0 radical (unpaired) electrons. The Kier molecular flexibility index (Phi) is 4.21. The lowest BCUT2D eigenvalue weighted by molar-refractivity contribution is 0.597. The Morgan fingerprint density at radius 2 is 2.24 bits per heavy atom. The molecule has 0 saturated carbocycles. The van der Waals surface area contributed by atoms with Crippen LogP contribution in [-0.4, -0.2) is 19.5 Å². The first-order chi connectivity index (χ1) is 8.40. The maximum Gasteiger partial charge on any atom is 0.115 e. The van der Waals surface area contributed by atoms with Crippen molar-refractivity contribution in [3.63, 3.8) is 0 Å². The van der Waals surface area contributed by atoms with E-state index in [0.29, 0.717) is 0 Å². The highest BCUT2D eigenvalue weighted by Crippen LogP contribution is 2.01. The number of aryl methyl sites for hydroxylation is 1. The molecule has 17 heavy (non-hydrogen) atoms. The zero-order valence-electron chi connectivity index (χ0n) is 10.0. The average molecular weight is 231 g/mol. The standard InChI is InChI=1S/C12H17N5/c1-2-5-17-10-15-8-12(17)7-14-6-11-3-4-13-9-16-11/h3-4,8-10,14H,2,5-7H2,1H3. The molecule has 0 aromatic carbocycles. The van der Waals surface area contributed by atoms with E-state index in [4.69, 9.17) is 0 Å². The van der Waals surface area contributed by atoms with Crippen molar-refractivity contribution in [3.8, 4) is 0 Å². The monoisotopic (exact) mass is 231 g/mol. The van der Waals surface area contributed by atoms with E-state index in [1.54, 1.807) is 12.5 Å². The topological polar surface area (TPSA) is 55.6 Å². The fourth-order valence-electron chi connectivity index (χ4n) is 1.68. The van der Waals surface area contributed by atoms with Crippen molar-refractivity contribution in [2.45, 2.75) is 33.0 Å². The average Bonchev–Trinajstić information content (AvgIpc) is 2.79. The van der Waals surface area contributed by atoms with E-state index in [9.17, 15) is 0 Å². The summed E-state index contributed by atoms with van der Waals surface area (Å²) in [6.45, 7) is 4.74.